The summed E-state index contributed by atoms with van der Waals surface area (Å²) < 4.78 is 0. The topological polar surface area (TPSA) is 60.8 Å². The van der Waals surface area contributed by atoms with Crippen molar-refractivity contribution >= 4 is 29.3 Å². The fourth-order valence-corrected chi connectivity index (χ4v) is 5.15. The molecule has 1 saturated carbocycles. The first-order valence-corrected chi connectivity index (χ1v) is 8.58. The monoisotopic (exact) mass is 357 g/mol. The number of fused-ring (bicyclic) bond motifs is 1. The van der Waals surface area contributed by atoms with Crippen LogP contribution >= 0.6 is 23.2 Å². The van der Waals surface area contributed by atoms with Crippen LogP contribution in [0.25, 0.3) is 0 Å². The van der Waals surface area contributed by atoms with E-state index in [1.165, 1.54) is 4.90 Å². The molecule has 3 rings (SSSR count). The van der Waals surface area contributed by atoms with Crippen LogP contribution in [0.5, 0.6) is 0 Å². The zero-order chi connectivity index (χ0) is 17.0. The van der Waals surface area contributed by atoms with Crippen molar-refractivity contribution in [2.75, 3.05) is 19.7 Å². The van der Waals surface area contributed by atoms with E-state index < -0.39 is 11.5 Å². The van der Waals surface area contributed by atoms with E-state index >= 15 is 0 Å². The van der Waals surface area contributed by atoms with Crippen molar-refractivity contribution in [2.45, 2.75) is 25.7 Å². The van der Waals surface area contributed by atoms with Gasteiger partial charge in [0.2, 0.25) is 0 Å². The molecule has 0 bridgehead atoms. The van der Waals surface area contributed by atoms with Gasteiger partial charge in [0, 0.05) is 23.9 Å². The molecule has 23 heavy (non-hydrogen) atoms. The van der Waals surface area contributed by atoms with Gasteiger partial charge in [-0.15, -0.1) is 0 Å². The number of aliphatic hydroxyl groups excluding tert-OH is 1. The molecule has 1 aliphatic heterocycles. The molecule has 1 heterocycles. The zero-order valence-corrected chi connectivity index (χ0v) is 14.7. The van der Waals surface area contributed by atoms with Gasteiger partial charge in [0.1, 0.15) is 0 Å². The second-order valence-electron chi connectivity index (χ2n) is 7.23. The number of rotatable bonds is 4. The number of piperidine rings is 1. The highest BCUT2D eigenvalue weighted by molar-refractivity contribution is 6.42. The van der Waals surface area contributed by atoms with Gasteiger partial charge in [-0.25, -0.2) is 4.79 Å². The average Bonchev–Trinajstić information content (AvgIpc) is 2.79. The summed E-state index contributed by atoms with van der Waals surface area (Å²) in [6.45, 7) is 5.18. The Kier molecular flexibility index (Phi) is 4.06. The minimum Gasteiger partial charge on any atom is -0.465 e. The number of aliphatic hydroxyl groups is 1. The van der Waals surface area contributed by atoms with E-state index in [0.717, 1.165) is 12.0 Å². The molecule has 4 nitrogen and oxygen atoms in total. The van der Waals surface area contributed by atoms with Crippen LogP contribution in [0.2, 0.25) is 10.0 Å². The van der Waals surface area contributed by atoms with Crippen molar-refractivity contribution in [3.8, 4) is 0 Å². The Morgan fingerprint density at radius 1 is 1.39 bits per heavy atom. The second-order valence-corrected chi connectivity index (χ2v) is 8.04. The number of nitrogens with zero attached hydrogens (tertiary/aromatic N) is 1. The van der Waals surface area contributed by atoms with Crippen molar-refractivity contribution in [3.63, 3.8) is 0 Å². The molecule has 1 amide bonds. The van der Waals surface area contributed by atoms with Crippen LogP contribution in [-0.4, -0.2) is 40.9 Å². The van der Waals surface area contributed by atoms with Crippen molar-refractivity contribution in [1.82, 2.24) is 4.90 Å². The molecule has 2 aliphatic rings. The predicted octanol–water partition coefficient (Wildman–Crippen LogP) is 3.88. The SMILES string of the molecule is CC(C)CC12CN(C(=O)O)CC1C2(CO)c1ccc(Cl)c(Cl)c1. The predicted molar refractivity (Wildman–Crippen MR) is 90.2 cm³/mol. The molecule has 1 aromatic rings. The van der Waals surface area contributed by atoms with E-state index in [9.17, 15) is 15.0 Å². The van der Waals surface area contributed by atoms with Gasteiger partial charge in [0.15, 0.2) is 0 Å². The van der Waals surface area contributed by atoms with Crippen LogP contribution in [0.1, 0.15) is 25.8 Å². The lowest BCUT2D eigenvalue weighted by Crippen LogP contribution is -2.39. The lowest BCUT2D eigenvalue weighted by Gasteiger charge is -2.30. The number of likely N-dealkylation sites (tertiary alicyclic amines) is 1. The van der Waals surface area contributed by atoms with Gasteiger partial charge in [0.25, 0.3) is 0 Å². The molecule has 1 saturated heterocycles. The highest BCUT2D eigenvalue weighted by atomic mass is 35.5. The van der Waals surface area contributed by atoms with E-state index in [1.807, 2.05) is 12.1 Å². The largest absolute Gasteiger partial charge is 0.465 e. The summed E-state index contributed by atoms with van der Waals surface area (Å²) in [5, 5.41) is 20.5. The molecular formula is C17H21Cl2NO3. The molecule has 0 aromatic heterocycles. The number of amides is 1. The first kappa shape index (κ1) is 16.9. The molecule has 0 spiro atoms. The third-order valence-corrected chi connectivity index (χ3v) is 6.41. The van der Waals surface area contributed by atoms with Crippen LogP contribution in [0, 0.1) is 17.3 Å². The Morgan fingerprint density at radius 2 is 2.09 bits per heavy atom. The molecule has 3 unspecified atom stereocenters. The maximum absolute atomic E-state index is 11.4. The minimum atomic E-state index is -0.888. The third kappa shape index (κ3) is 2.26. The maximum atomic E-state index is 11.4. The van der Waals surface area contributed by atoms with Gasteiger partial charge in [0.05, 0.1) is 16.7 Å². The number of benzene rings is 1. The summed E-state index contributed by atoms with van der Waals surface area (Å²) in [5.41, 5.74) is 0.327. The molecule has 0 radical (unpaired) electrons. The van der Waals surface area contributed by atoms with Crippen molar-refractivity contribution in [2.24, 2.45) is 17.3 Å². The van der Waals surface area contributed by atoms with Gasteiger partial charge in [-0.05, 0) is 36.0 Å². The zero-order valence-electron chi connectivity index (χ0n) is 13.2. The summed E-state index contributed by atoms with van der Waals surface area (Å²) >= 11 is 12.2. The van der Waals surface area contributed by atoms with Gasteiger partial charge in [-0.3, -0.25) is 0 Å². The fraction of sp³-hybridized carbons (Fsp3) is 0.588. The maximum Gasteiger partial charge on any atom is 0.407 e. The number of hydrogen-bond acceptors (Lipinski definition) is 2. The molecule has 2 N–H and O–H groups in total. The molecule has 1 aromatic carbocycles. The number of halogens is 2. The van der Waals surface area contributed by atoms with Crippen molar-refractivity contribution < 1.29 is 15.0 Å². The van der Waals surface area contributed by atoms with Gasteiger partial charge in [-0.1, -0.05) is 43.1 Å². The lowest BCUT2D eigenvalue weighted by molar-refractivity contribution is 0.126. The van der Waals surface area contributed by atoms with Gasteiger partial charge < -0.3 is 15.1 Å². The van der Waals surface area contributed by atoms with E-state index in [1.54, 1.807) is 6.07 Å². The molecular weight excluding hydrogens is 337 g/mol. The normalized spacial score (nSPS) is 32.3. The van der Waals surface area contributed by atoms with E-state index in [-0.39, 0.29) is 17.9 Å². The summed E-state index contributed by atoms with van der Waals surface area (Å²) in [6, 6.07) is 5.49. The lowest BCUT2D eigenvalue weighted by atomic mass is 9.81. The van der Waals surface area contributed by atoms with E-state index in [4.69, 9.17) is 23.2 Å². The smallest absolute Gasteiger partial charge is 0.407 e. The number of carbonyl (C=O) groups is 1. The standard InChI is InChI=1S/C17H21Cl2NO3/c1-10(2)6-16-8-20(15(22)23)7-14(16)17(16,9-21)11-3-4-12(18)13(19)5-11/h3-5,10,14,21H,6-9H2,1-2H3,(H,22,23). The number of carboxylic acid groups (broad SMARTS) is 1. The first-order valence-electron chi connectivity index (χ1n) is 7.83. The Balaban J connectivity index is 2.02. The quantitative estimate of drug-likeness (QED) is 0.859. The number of hydrogen-bond donors (Lipinski definition) is 2. The Labute approximate surface area is 146 Å². The van der Waals surface area contributed by atoms with Crippen molar-refractivity contribution in [1.29, 1.82) is 0 Å². The van der Waals surface area contributed by atoms with Gasteiger partial charge >= 0.3 is 6.09 Å². The highest BCUT2D eigenvalue weighted by Crippen LogP contribution is 2.75. The first-order chi connectivity index (χ1) is 10.8. The van der Waals surface area contributed by atoms with E-state index in [0.29, 0.717) is 29.1 Å². The highest BCUT2D eigenvalue weighted by Gasteiger charge is 2.79. The van der Waals surface area contributed by atoms with Gasteiger partial charge in [-0.2, -0.15) is 0 Å². The second kappa shape index (κ2) is 5.54. The van der Waals surface area contributed by atoms with Crippen LogP contribution < -0.4 is 0 Å². The molecule has 1 aliphatic carbocycles. The summed E-state index contributed by atoms with van der Waals surface area (Å²) in [6.07, 6.45) is -0.0104. The average molecular weight is 358 g/mol. The summed E-state index contributed by atoms with van der Waals surface area (Å²) in [7, 11) is 0. The molecule has 2 fully saturated rings. The summed E-state index contributed by atoms with van der Waals surface area (Å²) in [4.78, 5) is 12.8. The van der Waals surface area contributed by atoms with Crippen molar-refractivity contribution in [3.05, 3.63) is 33.8 Å². The Bertz CT molecular complexity index is 651. The van der Waals surface area contributed by atoms with E-state index in [2.05, 4.69) is 13.8 Å². The van der Waals surface area contributed by atoms with Crippen LogP contribution in [0.3, 0.4) is 0 Å². The third-order valence-electron chi connectivity index (χ3n) is 5.67. The molecule has 3 atom stereocenters. The summed E-state index contributed by atoms with van der Waals surface area (Å²) in [5.74, 6) is 0.540. The Morgan fingerprint density at radius 3 is 2.61 bits per heavy atom. The Hall–Kier alpha value is -0.970. The van der Waals surface area contributed by atoms with Crippen LogP contribution in [0.15, 0.2) is 18.2 Å². The molecule has 6 heteroatoms. The minimum absolute atomic E-state index is 0.00416. The molecule has 126 valence electrons. The van der Waals surface area contributed by atoms with Crippen LogP contribution in [-0.2, 0) is 5.41 Å². The van der Waals surface area contributed by atoms with Crippen LogP contribution in [0.4, 0.5) is 4.79 Å². The fourth-order valence-electron chi connectivity index (χ4n) is 4.85.